The van der Waals surface area contributed by atoms with Crippen LogP contribution < -0.4 is 11.2 Å². The third-order valence-electron chi connectivity index (χ3n) is 2.46. The summed E-state index contributed by atoms with van der Waals surface area (Å²) in [7, 11) is 0. The van der Waals surface area contributed by atoms with Crippen molar-refractivity contribution in [2.45, 2.75) is 0 Å². The van der Waals surface area contributed by atoms with Crippen LogP contribution in [0.1, 0.15) is 11.1 Å². The zero-order valence-electron chi connectivity index (χ0n) is 11.4. The summed E-state index contributed by atoms with van der Waals surface area (Å²) < 4.78 is 25.9. The van der Waals surface area contributed by atoms with Gasteiger partial charge in [0.15, 0.2) is 0 Å². The molecule has 0 heterocycles. The summed E-state index contributed by atoms with van der Waals surface area (Å²) in [5, 5.41) is 11.1. The van der Waals surface area contributed by atoms with Gasteiger partial charge in [0.2, 0.25) is 5.96 Å². The van der Waals surface area contributed by atoms with E-state index in [0.717, 1.165) is 0 Å². The second kappa shape index (κ2) is 7.63. The maximum atomic E-state index is 12.9. The largest absolute Gasteiger partial charge is 0.367 e. The summed E-state index contributed by atoms with van der Waals surface area (Å²) in [6.07, 6.45) is 2.75. The molecule has 0 unspecified atom stereocenters. The smallest absolute Gasteiger partial charge is 0.234 e. The molecule has 0 radical (unpaired) electrons. The Morgan fingerprint density at radius 2 is 1.55 bits per heavy atom. The molecule has 2 rings (SSSR count). The lowest BCUT2D eigenvalue weighted by Gasteiger charge is -1.96. The fraction of sp³-hybridized carbons (Fsp3) is 0. The molecule has 5 nitrogen and oxygen atoms in total. The predicted molar refractivity (Wildman–Crippen MR) is 82.7 cm³/mol. The van der Waals surface area contributed by atoms with Gasteiger partial charge in [-0.25, -0.2) is 14.2 Å². The van der Waals surface area contributed by atoms with Crippen LogP contribution in [0.25, 0.3) is 0 Å². The van der Waals surface area contributed by atoms with E-state index < -0.39 is 0 Å². The normalized spacial score (nSPS) is 12.2. The van der Waals surface area contributed by atoms with E-state index in [2.05, 4.69) is 20.7 Å². The molecule has 0 fully saturated rings. The highest BCUT2D eigenvalue weighted by Gasteiger charge is 1.92. The van der Waals surface area contributed by atoms with Gasteiger partial charge in [-0.3, -0.25) is 0 Å². The van der Waals surface area contributed by atoms with Crippen LogP contribution in [0, 0.1) is 11.6 Å². The van der Waals surface area contributed by atoms with Crippen molar-refractivity contribution in [3.63, 3.8) is 0 Å². The van der Waals surface area contributed by atoms with Gasteiger partial charge in [-0.15, -0.1) is 5.10 Å². The van der Waals surface area contributed by atoms with Gasteiger partial charge in [-0.1, -0.05) is 24.3 Å². The van der Waals surface area contributed by atoms with E-state index in [1.54, 1.807) is 24.3 Å². The van der Waals surface area contributed by atoms with Crippen LogP contribution in [0.2, 0.25) is 0 Å². The molecule has 0 aliphatic rings. The SMILES string of the molecule is N/C(=N\N=Cc1cccc(F)c1)NN=Cc1cccc(F)c1. The fourth-order valence-electron chi connectivity index (χ4n) is 1.53. The number of hydrogen-bond acceptors (Lipinski definition) is 3. The van der Waals surface area contributed by atoms with E-state index in [1.165, 1.54) is 36.7 Å². The lowest BCUT2D eigenvalue weighted by atomic mass is 10.2. The lowest BCUT2D eigenvalue weighted by molar-refractivity contribution is 0.627. The first kappa shape index (κ1) is 15.3. The number of halogens is 2. The molecule has 112 valence electrons. The average Bonchev–Trinajstić information content (AvgIpc) is 2.47. The third kappa shape index (κ3) is 5.12. The van der Waals surface area contributed by atoms with Gasteiger partial charge in [0.25, 0.3) is 0 Å². The quantitative estimate of drug-likeness (QED) is 0.516. The van der Waals surface area contributed by atoms with Crippen molar-refractivity contribution in [3.05, 3.63) is 71.3 Å². The van der Waals surface area contributed by atoms with Crippen molar-refractivity contribution in [2.24, 2.45) is 21.0 Å². The highest BCUT2D eigenvalue weighted by atomic mass is 19.1. The Morgan fingerprint density at radius 1 is 0.955 bits per heavy atom. The van der Waals surface area contributed by atoms with Crippen molar-refractivity contribution in [1.29, 1.82) is 0 Å². The predicted octanol–water partition coefficient (Wildman–Crippen LogP) is 2.24. The Balaban J connectivity index is 1.90. The molecule has 0 saturated carbocycles. The first-order valence-electron chi connectivity index (χ1n) is 6.30. The number of benzene rings is 2. The van der Waals surface area contributed by atoms with Crippen molar-refractivity contribution in [2.75, 3.05) is 0 Å². The van der Waals surface area contributed by atoms with E-state index in [1.807, 2.05) is 0 Å². The molecule has 22 heavy (non-hydrogen) atoms. The fourth-order valence-corrected chi connectivity index (χ4v) is 1.53. The molecule has 2 aromatic rings. The van der Waals surface area contributed by atoms with Gasteiger partial charge in [-0.2, -0.15) is 10.2 Å². The summed E-state index contributed by atoms with van der Waals surface area (Å²) in [5.41, 5.74) is 9.09. The topological polar surface area (TPSA) is 75.1 Å². The van der Waals surface area contributed by atoms with E-state index >= 15 is 0 Å². The van der Waals surface area contributed by atoms with Crippen LogP contribution in [0.4, 0.5) is 8.78 Å². The van der Waals surface area contributed by atoms with Crippen LogP contribution in [-0.4, -0.2) is 18.4 Å². The van der Waals surface area contributed by atoms with Crippen LogP contribution in [0.15, 0.2) is 63.8 Å². The maximum Gasteiger partial charge on any atom is 0.234 e. The third-order valence-corrected chi connectivity index (χ3v) is 2.46. The molecular formula is C15H13F2N5. The van der Waals surface area contributed by atoms with Crippen LogP contribution >= 0.6 is 0 Å². The Kier molecular flexibility index (Phi) is 5.31. The average molecular weight is 301 g/mol. The van der Waals surface area contributed by atoms with Gasteiger partial charge in [0, 0.05) is 0 Å². The summed E-state index contributed by atoms with van der Waals surface area (Å²) in [4.78, 5) is 0. The minimum absolute atomic E-state index is 0.0553. The van der Waals surface area contributed by atoms with Crippen LogP contribution in [-0.2, 0) is 0 Å². The second-order valence-electron chi connectivity index (χ2n) is 4.21. The standard InChI is InChI=1S/C15H13F2N5/c16-13-5-1-3-11(7-13)9-19-21-15(18)22-20-10-12-4-2-6-14(17)8-12/h1-10H,(H3,18,21,22). The van der Waals surface area contributed by atoms with Crippen molar-refractivity contribution in [1.82, 2.24) is 5.43 Å². The van der Waals surface area contributed by atoms with Gasteiger partial charge >= 0.3 is 0 Å². The minimum atomic E-state index is -0.362. The number of hydrogen-bond donors (Lipinski definition) is 2. The summed E-state index contributed by atoms with van der Waals surface area (Å²) in [5.74, 6) is -0.774. The zero-order valence-corrected chi connectivity index (χ0v) is 11.4. The Hall–Kier alpha value is -3.09. The van der Waals surface area contributed by atoms with E-state index in [-0.39, 0.29) is 17.6 Å². The Morgan fingerprint density at radius 3 is 2.14 bits per heavy atom. The molecule has 0 spiro atoms. The molecule has 0 atom stereocenters. The van der Waals surface area contributed by atoms with Gasteiger partial charge in [0.1, 0.15) is 11.6 Å². The Labute approximate surface area is 125 Å². The first-order valence-corrected chi connectivity index (χ1v) is 6.30. The molecule has 7 heteroatoms. The van der Waals surface area contributed by atoms with Gasteiger partial charge in [0.05, 0.1) is 12.4 Å². The molecule has 0 amide bonds. The molecule has 0 saturated heterocycles. The number of nitrogens with one attached hydrogen (secondary N) is 1. The highest BCUT2D eigenvalue weighted by Crippen LogP contribution is 2.01. The van der Waals surface area contributed by atoms with E-state index in [9.17, 15) is 8.78 Å². The molecule has 0 aliphatic heterocycles. The minimum Gasteiger partial charge on any atom is -0.367 e. The molecule has 0 bridgehead atoms. The number of rotatable bonds is 4. The lowest BCUT2D eigenvalue weighted by Crippen LogP contribution is -2.26. The zero-order chi connectivity index (χ0) is 15.8. The molecule has 0 aliphatic carbocycles. The second-order valence-corrected chi connectivity index (χ2v) is 4.21. The monoisotopic (exact) mass is 301 g/mol. The van der Waals surface area contributed by atoms with Gasteiger partial charge in [-0.05, 0) is 35.4 Å². The maximum absolute atomic E-state index is 12.9. The summed E-state index contributed by atoms with van der Waals surface area (Å²) in [6.45, 7) is 0. The molecular weight excluding hydrogens is 288 g/mol. The van der Waals surface area contributed by atoms with Crippen molar-refractivity contribution in [3.8, 4) is 0 Å². The summed E-state index contributed by atoms with van der Waals surface area (Å²) >= 11 is 0. The van der Waals surface area contributed by atoms with E-state index in [0.29, 0.717) is 11.1 Å². The highest BCUT2D eigenvalue weighted by molar-refractivity contribution is 5.84. The van der Waals surface area contributed by atoms with Crippen molar-refractivity contribution >= 4 is 18.4 Å². The van der Waals surface area contributed by atoms with Gasteiger partial charge < -0.3 is 5.73 Å². The molecule has 3 N–H and O–H groups in total. The number of nitrogens with two attached hydrogens (primary N) is 1. The summed E-state index contributed by atoms with van der Waals surface area (Å²) in [6, 6.07) is 11.8. The number of nitrogens with zero attached hydrogens (tertiary/aromatic N) is 3. The van der Waals surface area contributed by atoms with Crippen LogP contribution in [0.5, 0.6) is 0 Å². The van der Waals surface area contributed by atoms with Crippen molar-refractivity contribution < 1.29 is 8.78 Å². The molecule has 0 aromatic heterocycles. The van der Waals surface area contributed by atoms with Crippen LogP contribution in [0.3, 0.4) is 0 Å². The van der Waals surface area contributed by atoms with E-state index in [4.69, 9.17) is 5.73 Å². The number of hydrazone groups is 1. The number of guanidine groups is 1. The first-order chi connectivity index (χ1) is 10.6. The molecule has 2 aromatic carbocycles. The Bertz CT molecular complexity index is 725.